The first-order valence-electron chi connectivity index (χ1n) is 6.38. The van der Waals surface area contributed by atoms with E-state index in [1.807, 2.05) is 18.2 Å². The second-order valence-corrected chi connectivity index (χ2v) is 4.56. The van der Waals surface area contributed by atoms with E-state index in [1.54, 1.807) is 0 Å². The molecular formula is C14H17NO4. The summed E-state index contributed by atoms with van der Waals surface area (Å²) < 4.78 is 5.52. The summed E-state index contributed by atoms with van der Waals surface area (Å²) in [7, 11) is 0. The molecule has 0 unspecified atom stereocenters. The van der Waals surface area contributed by atoms with E-state index in [2.05, 4.69) is 5.32 Å². The number of rotatable bonds is 5. The van der Waals surface area contributed by atoms with Gasteiger partial charge in [-0.25, -0.2) is 0 Å². The molecule has 0 bridgehead atoms. The zero-order chi connectivity index (χ0) is 13.7. The standard InChI is InChI=1S/C14H17NO4/c16-13(5-6-14(17)18)15-9-10-3-4-12-11(8-10)2-1-7-19-12/h3-4,8H,1-2,5-7,9H2,(H,15,16)(H,17,18). The predicted octanol–water partition coefficient (Wildman–Crippen LogP) is 1.49. The first kappa shape index (κ1) is 13.4. The van der Waals surface area contributed by atoms with E-state index in [0.717, 1.165) is 30.8 Å². The Hall–Kier alpha value is -2.04. The Morgan fingerprint density at radius 1 is 1.32 bits per heavy atom. The fraction of sp³-hybridized carbons (Fsp3) is 0.429. The lowest BCUT2D eigenvalue weighted by molar-refractivity contribution is -0.138. The number of carbonyl (C=O) groups excluding carboxylic acids is 1. The van der Waals surface area contributed by atoms with E-state index in [1.165, 1.54) is 5.56 Å². The number of ether oxygens (including phenoxy) is 1. The molecule has 1 amide bonds. The van der Waals surface area contributed by atoms with E-state index in [9.17, 15) is 9.59 Å². The van der Waals surface area contributed by atoms with Crippen LogP contribution >= 0.6 is 0 Å². The molecule has 2 N–H and O–H groups in total. The predicted molar refractivity (Wildman–Crippen MR) is 69.0 cm³/mol. The number of aliphatic carboxylic acids is 1. The first-order valence-corrected chi connectivity index (χ1v) is 6.38. The van der Waals surface area contributed by atoms with Crippen molar-refractivity contribution in [2.24, 2.45) is 0 Å². The van der Waals surface area contributed by atoms with Crippen molar-refractivity contribution in [2.45, 2.75) is 32.2 Å². The summed E-state index contributed by atoms with van der Waals surface area (Å²) in [6, 6.07) is 5.88. The third kappa shape index (κ3) is 3.98. The number of carboxylic acid groups (broad SMARTS) is 1. The van der Waals surface area contributed by atoms with Gasteiger partial charge in [0.25, 0.3) is 0 Å². The molecule has 2 rings (SSSR count). The van der Waals surface area contributed by atoms with Crippen LogP contribution in [0.1, 0.15) is 30.4 Å². The number of amides is 1. The van der Waals surface area contributed by atoms with Gasteiger partial charge < -0.3 is 15.2 Å². The highest BCUT2D eigenvalue weighted by Crippen LogP contribution is 2.25. The zero-order valence-corrected chi connectivity index (χ0v) is 10.6. The maximum atomic E-state index is 11.4. The van der Waals surface area contributed by atoms with Crippen molar-refractivity contribution in [1.29, 1.82) is 0 Å². The highest BCUT2D eigenvalue weighted by molar-refractivity contribution is 5.80. The third-order valence-electron chi connectivity index (χ3n) is 3.03. The van der Waals surface area contributed by atoms with Crippen LogP contribution in [-0.4, -0.2) is 23.6 Å². The minimum Gasteiger partial charge on any atom is -0.493 e. The Kier molecular flexibility index (Phi) is 4.39. The number of hydrogen-bond donors (Lipinski definition) is 2. The molecule has 0 saturated heterocycles. The summed E-state index contributed by atoms with van der Waals surface area (Å²) in [5.41, 5.74) is 2.18. The minimum atomic E-state index is -0.957. The molecule has 1 aliphatic heterocycles. The van der Waals surface area contributed by atoms with Crippen molar-refractivity contribution in [1.82, 2.24) is 5.32 Å². The number of fused-ring (bicyclic) bond motifs is 1. The second-order valence-electron chi connectivity index (χ2n) is 4.56. The summed E-state index contributed by atoms with van der Waals surface area (Å²) in [4.78, 5) is 21.8. The molecule has 5 nitrogen and oxygen atoms in total. The molecule has 0 radical (unpaired) electrons. The van der Waals surface area contributed by atoms with Crippen LogP contribution in [0.2, 0.25) is 0 Å². The molecular weight excluding hydrogens is 246 g/mol. The topological polar surface area (TPSA) is 75.6 Å². The number of benzene rings is 1. The number of nitrogens with one attached hydrogen (secondary N) is 1. The van der Waals surface area contributed by atoms with E-state index >= 15 is 0 Å². The van der Waals surface area contributed by atoms with Crippen molar-refractivity contribution in [3.05, 3.63) is 29.3 Å². The van der Waals surface area contributed by atoms with Gasteiger partial charge in [0.15, 0.2) is 0 Å². The van der Waals surface area contributed by atoms with Crippen LogP contribution in [0.4, 0.5) is 0 Å². The van der Waals surface area contributed by atoms with E-state index in [0.29, 0.717) is 6.54 Å². The van der Waals surface area contributed by atoms with Gasteiger partial charge in [-0.15, -0.1) is 0 Å². The van der Waals surface area contributed by atoms with Crippen LogP contribution in [-0.2, 0) is 22.6 Å². The van der Waals surface area contributed by atoms with Crippen LogP contribution in [0, 0.1) is 0 Å². The van der Waals surface area contributed by atoms with E-state index < -0.39 is 5.97 Å². The van der Waals surface area contributed by atoms with Gasteiger partial charge in [-0.3, -0.25) is 9.59 Å². The maximum absolute atomic E-state index is 11.4. The molecule has 0 aromatic heterocycles. The highest BCUT2D eigenvalue weighted by Gasteiger charge is 2.11. The van der Waals surface area contributed by atoms with Crippen molar-refractivity contribution >= 4 is 11.9 Å². The fourth-order valence-corrected chi connectivity index (χ4v) is 2.03. The summed E-state index contributed by atoms with van der Waals surface area (Å²) in [5.74, 6) is -0.273. The molecule has 0 saturated carbocycles. The van der Waals surface area contributed by atoms with Crippen molar-refractivity contribution in [3.63, 3.8) is 0 Å². The van der Waals surface area contributed by atoms with E-state index in [4.69, 9.17) is 9.84 Å². The van der Waals surface area contributed by atoms with Crippen molar-refractivity contribution in [2.75, 3.05) is 6.61 Å². The quantitative estimate of drug-likeness (QED) is 0.844. The Labute approximate surface area is 111 Å². The van der Waals surface area contributed by atoms with Crippen molar-refractivity contribution in [3.8, 4) is 5.75 Å². The van der Waals surface area contributed by atoms with Crippen LogP contribution in [0.25, 0.3) is 0 Å². The third-order valence-corrected chi connectivity index (χ3v) is 3.03. The monoisotopic (exact) mass is 263 g/mol. The van der Waals surface area contributed by atoms with Gasteiger partial charge in [0, 0.05) is 13.0 Å². The number of hydrogen-bond acceptors (Lipinski definition) is 3. The Balaban J connectivity index is 1.86. The fourth-order valence-electron chi connectivity index (χ4n) is 2.03. The van der Waals surface area contributed by atoms with Gasteiger partial charge in [-0.05, 0) is 30.0 Å². The first-order chi connectivity index (χ1) is 9.15. The average molecular weight is 263 g/mol. The molecule has 19 heavy (non-hydrogen) atoms. The number of aryl methyl sites for hydroxylation is 1. The van der Waals surface area contributed by atoms with Crippen LogP contribution < -0.4 is 10.1 Å². The molecule has 0 spiro atoms. The van der Waals surface area contributed by atoms with Crippen LogP contribution in [0.5, 0.6) is 5.75 Å². The lowest BCUT2D eigenvalue weighted by Crippen LogP contribution is -2.23. The molecule has 1 aromatic rings. The largest absolute Gasteiger partial charge is 0.493 e. The normalized spacial score (nSPS) is 13.3. The summed E-state index contributed by atoms with van der Waals surface area (Å²) in [6.45, 7) is 1.18. The zero-order valence-electron chi connectivity index (χ0n) is 10.6. The molecule has 5 heteroatoms. The van der Waals surface area contributed by atoms with Gasteiger partial charge in [-0.2, -0.15) is 0 Å². The molecule has 1 aliphatic rings. The molecule has 0 atom stereocenters. The smallest absolute Gasteiger partial charge is 0.303 e. The van der Waals surface area contributed by atoms with Gasteiger partial charge in [0.05, 0.1) is 13.0 Å². The van der Waals surface area contributed by atoms with Crippen LogP contribution in [0.3, 0.4) is 0 Å². The Morgan fingerprint density at radius 3 is 2.95 bits per heavy atom. The van der Waals surface area contributed by atoms with Crippen LogP contribution in [0.15, 0.2) is 18.2 Å². The SMILES string of the molecule is O=C(O)CCC(=O)NCc1ccc2c(c1)CCCO2. The minimum absolute atomic E-state index is 0.0172. The molecule has 102 valence electrons. The molecule has 0 aliphatic carbocycles. The number of carboxylic acids is 1. The highest BCUT2D eigenvalue weighted by atomic mass is 16.5. The van der Waals surface area contributed by atoms with Crippen molar-refractivity contribution < 1.29 is 19.4 Å². The summed E-state index contributed by atoms with van der Waals surface area (Å²) in [6.07, 6.45) is 1.89. The van der Waals surface area contributed by atoms with Gasteiger partial charge in [0.1, 0.15) is 5.75 Å². The second kappa shape index (κ2) is 6.22. The van der Waals surface area contributed by atoms with Gasteiger partial charge in [-0.1, -0.05) is 12.1 Å². The number of carbonyl (C=O) groups is 2. The summed E-state index contributed by atoms with van der Waals surface area (Å²) in [5, 5.41) is 11.2. The lowest BCUT2D eigenvalue weighted by Gasteiger charge is -2.18. The maximum Gasteiger partial charge on any atom is 0.303 e. The average Bonchev–Trinajstić information content (AvgIpc) is 2.42. The molecule has 0 fully saturated rings. The van der Waals surface area contributed by atoms with Gasteiger partial charge >= 0.3 is 5.97 Å². The Bertz CT molecular complexity index is 484. The molecule has 1 aromatic carbocycles. The van der Waals surface area contributed by atoms with Gasteiger partial charge in [0.2, 0.25) is 5.91 Å². The Morgan fingerprint density at radius 2 is 2.16 bits per heavy atom. The summed E-state index contributed by atoms with van der Waals surface area (Å²) >= 11 is 0. The van der Waals surface area contributed by atoms with E-state index in [-0.39, 0.29) is 18.7 Å². The lowest BCUT2D eigenvalue weighted by atomic mass is 10.0. The molecule has 1 heterocycles.